The van der Waals surface area contributed by atoms with Gasteiger partial charge in [-0.05, 0) is 31.2 Å². The third kappa shape index (κ3) is 3.40. The van der Waals surface area contributed by atoms with Gasteiger partial charge < -0.3 is 9.47 Å². The first kappa shape index (κ1) is 13.3. The second-order valence-corrected chi connectivity index (χ2v) is 3.69. The van der Waals surface area contributed by atoms with Crippen LogP contribution in [-0.4, -0.2) is 18.2 Å². The highest BCUT2D eigenvalue weighted by Gasteiger charge is 2.10. The lowest BCUT2D eigenvalue weighted by Gasteiger charge is -2.10. The van der Waals surface area contributed by atoms with Crippen molar-refractivity contribution in [1.29, 1.82) is 0 Å². The maximum Gasteiger partial charge on any atom is 0.387 e. The number of benzene rings is 1. The van der Waals surface area contributed by atoms with Crippen LogP contribution in [-0.2, 0) is 0 Å². The summed E-state index contributed by atoms with van der Waals surface area (Å²) in [6.45, 7) is -0.468. The molecule has 0 fully saturated rings. The molecule has 0 radical (unpaired) electrons. The van der Waals surface area contributed by atoms with Crippen LogP contribution in [0.25, 0.3) is 11.3 Å². The summed E-state index contributed by atoms with van der Waals surface area (Å²) in [6, 6.07) is 9.93. The minimum atomic E-state index is -2.84. The minimum Gasteiger partial charge on any atom is -0.492 e. The van der Waals surface area contributed by atoms with E-state index in [0.717, 1.165) is 0 Å². The smallest absolute Gasteiger partial charge is 0.387 e. The number of halogens is 2. The second kappa shape index (κ2) is 6.13. The molecule has 0 saturated carbocycles. The predicted molar refractivity (Wildman–Crippen MR) is 67.5 cm³/mol. The van der Waals surface area contributed by atoms with Crippen LogP contribution < -0.4 is 9.47 Å². The van der Waals surface area contributed by atoms with E-state index in [1.165, 1.54) is 12.1 Å². The summed E-state index contributed by atoms with van der Waals surface area (Å²) < 4.78 is 34.2. The molecule has 2 aromatic rings. The highest BCUT2D eigenvalue weighted by atomic mass is 19.3. The Morgan fingerprint density at radius 3 is 2.79 bits per heavy atom. The van der Waals surface area contributed by atoms with Crippen molar-refractivity contribution < 1.29 is 18.3 Å². The van der Waals surface area contributed by atoms with E-state index in [1.54, 1.807) is 30.5 Å². The Labute approximate surface area is 109 Å². The molecule has 0 aliphatic heterocycles. The molecule has 0 amide bonds. The summed E-state index contributed by atoms with van der Waals surface area (Å²) >= 11 is 0. The Balaban J connectivity index is 2.36. The molecule has 0 aliphatic rings. The zero-order valence-electron chi connectivity index (χ0n) is 10.3. The van der Waals surface area contributed by atoms with Crippen LogP contribution in [0.1, 0.15) is 6.92 Å². The lowest BCUT2D eigenvalue weighted by molar-refractivity contribution is -0.0498. The van der Waals surface area contributed by atoms with Crippen molar-refractivity contribution >= 4 is 0 Å². The fraction of sp³-hybridized carbons (Fsp3) is 0.214. The number of rotatable bonds is 5. The number of ether oxygens (including phenoxy) is 2. The van der Waals surface area contributed by atoms with E-state index in [-0.39, 0.29) is 5.75 Å². The van der Waals surface area contributed by atoms with E-state index in [9.17, 15) is 8.78 Å². The van der Waals surface area contributed by atoms with Crippen LogP contribution in [0.15, 0.2) is 42.6 Å². The maximum atomic E-state index is 12.2. The van der Waals surface area contributed by atoms with Gasteiger partial charge in [0.25, 0.3) is 0 Å². The van der Waals surface area contributed by atoms with E-state index >= 15 is 0 Å². The summed E-state index contributed by atoms with van der Waals surface area (Å²) in [5, 5.41) is 0. The average Bonchev–Trinajstić information content (AvgIpc) is 2.39. The van der Waals surface area contributed by atoms with Crippen LogP contribution >= 0.6 is 0 Å². The van der Waals surface area contributed by atoms with E-state index in [2.05, 4.69) is 9.72 Å². The van der Waals surface area contributed by atoms with E-state index in [1.807, 2.05) is 6.92 Å². The summed E-state index contributed by atoms with van der Waals surface area (Å²) in [7, 11) is 0. The van der Waals surface area contributed by atoms with Crippen LogP contribution in [0.4, 0.5) is 8.78 Å². The highest BCUT2D eigenvalue weighted by Crippen LogP contribution is 2.30. The molecule has 0 unspecified atom stereocenters. The van der Waals surface area contributed by atoms with Gasteiger partial charge in [-0.1, -0.05) is 12.1 Å². The van der Waals surface area contributed by atoms with Gasteiger partial charge >= 0.3 is 6.61 Å². The van der Waals surface area contributed by atoms with Gasteiger partial charge in [-0.15, -0.1) is 0 Å². The Morgan fingerprint density at radius 2 is 2.05 bits per heavy atom. The summed E-state index contributed by atoms with van der Waals surface area (Å²) in [5.74, 6) is 0.708. The molecule has 0 spiro atoms. The fourth-order valence-corrected chi connectivity index (χ4v) is 1.70. The largest absolute Gasteiger partial charge is 0.492 e. The topological polar surface area (TPSA) is 31.4 Å². The van der Waals surface area contributed by atoms with Gasteiger partial charge in [-0.25, -0.2) is 0 Å². The van der Waals surface area contributed by atoms with E-state index in [0.29, 0.717) is 23.6 Å². The Bertz CT molecular complexity index is 546. The first-order chi connectivity index (χ1) is 9.20. The van der Waals surface area contributed by atoms with Gasteiger partial charge in [0.2, 0.25) is 0 Å². The molecule has 0 atom stereocenters. The van der Waals surface area contributed by atoms with Crippen molar-refractivity contribution in [3.63, 3.8) is 0 Å². The summed E-state index contributed by atoms with van der Waals surface area (Å²) in [6.07, 6.45) is 1.62. The summed E-state index contributed by atoms with van der Waals surface area (Å²) in [4.78, 5) is 4.22. The van der Waals surface area contributed by atoms with E-state index < -0.39 is 6.61 Å². The van der Waals surface area contributed by atoms with Crippen molar-refractivity contribution in [2.45, 2.75) is 13.5 Å². The first-order valence-corrected chi connectivity index (χ1v) is 5.83. The number of hydrogen-bond acceptors (Lipinski definition) is 3. The zero-order valence-corrected chi connectivity index (χ0v) is 10.3. The molecular weight excluding hydrogens is 252 g/mol. The maximum absolute atomic E-state index is 12.2. The Morgan fingerprint density at radius 1 is 1.21 bits per heavy atom. The quantitative estimate of drug-likeness (QED) is 0.825. The van der Waals surface area contributed by atoms with Crippen molar-refractivity contribution in [1.82, 2.24) is 4.98 Å². The average molecular weight is 265 g/mol. The van der Waals surface area contributed by atoms with Crippen LogP contribution in [0.3, 0.4) is 0 Å². The standard InChI is InChI=1S/C14H13F2NO2/c1-2-18-12-7-4-8-17-13(12)10-5-3-6-11(9-10)19-14(15)16/h3-9,14H,2H2,1H3. The molecule has 1 aromatic carbocycles. The van der Waals surface area contributed by atoms with Crippen molar-refractivity contribution in [3.05, 3.63) is 42.6 Å². The normalized spacial score (nSPS) is 10.5. The third-order valence-electron chi connectivity index (χ3n) is 2.40. The molecule has 5 heteroatoms. The molecule has 19 heavy (non-hydrogen) atoms. The van der Waals surface area contributed by atoms with Gasteiger partial charge in [-0.3, -0.25) is 4.98 Å². The monoisotopic (exact) mass is 265 g/mol. The SMILES string of the molecule is CCOc1cccnc1-c1cccc(OC(F)F)c1. The number of pyridine rings is 1. The molecule has 0 N–H and O–H groups in total. The van der Waals surface area contributed by atoms with Gasteiger partial charge in [0.05, 0.1) is 6.61 Å². The van der Waals surface area contributed by atoms with Gasteiger partial charge in [-0.2, -0.15) is 8.78 Å². The molecule has 2 rings (SSSR count). The number of hydrogen-bond donors (Lipinski definition) is 0. The minimum absolute atomic E-state index is 0.0978. The number of alkyl halides is 2. The zero-order chi connectivity index (χ0) is 13.7. The molecule has 1 aromatic heterocycles. The van der Waals surface area contributed by atoms with Gasteiger partial charge in [0, 0.05) is 11.8 Å². The highest BCUT2D eigenvalue weighted by molar-refractivity contribution is 5.67. The second-order valence-electron chi connectivity index (χ2n) is 3.69. The Kier molecular flexibility index (Phi) is 4.28. The fourth-order valence-electron chi connectivity index (χ4n) is 1.70. The molecule has 0 saturated heterocycles. The molecule has 100 valence electrons. The summed E-state index contributed by atoms with van der Waals surface area (Å²) in [5.41, 5.74) is 1.27. The van der Waals surface area contributed by atoms with Crippen LogP contribution in [0.2, 0.25) is 0 Å². The molecular formula is C14H13F2NO2. The first-order valence-electron chi connectivity index (χ1n) is 5.83. The lowest BCUT2D eigenvalue weighted by atomic mass is 10.1. The van der Waals surface area contributed by atoms with Crippen LogP contribution in [0, 0.1) is 0 Å². The number of aromatic nitrogens is 1. The van der Waals surface area contributed by atoms with Crippen molar-refractivity contribution in [2.24, 2.45) is 0 Å². The predicted octanol–water partition coefficient (Wildman–Crippen LogP) is 3.75. The van der Waals surface area contributed by atoms with Crippen molar-refractivity contribution in [2.75, 3.05) is 6.61 Å². The lowest BCUT2D eigenvalue weighted by Crippen LogP contribution is -2.02. The molecule has 0 bridgehead atoms. The van der Waals surface area contributed by atoms with Gasteiger partial charge in [0.15, 0.2) is 0 Å². The van der Waals surface area contributed by atoms with Crippen molar-refractivity contribution in [3.8, 4) is 22.8 Å². The third-order valence-corrected chi connectivity index (χ3v) is 2.40. The molecule has 0 aliphatic carbocycles. The van der Waals surface area contributed by atoms with E-state index in [4.69, 9.17) is 4.74 Å². The molecule has 1 heterocycles. The molecule has 3 nitrogen and oxygen atoms in total. The number of nitrogens with zero attached hydrogens (tertiary/aromatic N) is 1. The van der Waals surface area contributed by atoms with Crippen LogP contribution in [0.5, 0.6) is 11.5 Å². The Hall–Kier alpha value is -2.17. The van der Waals surface area contributed by atoms with Gasteiger partial charge in [0.1, 0.15) is 17.2 Å².